The van der Waals surface area contributed by atoms with Crippen LogP contribution < -0.4 is 4.74 Å². The van der Waals surface area contributed by atoms with Crippen molar-refractivity contribution in [3.05, 3.63) is 28.8 Å². The van der Waals surface area contributed by atoms with Gasteiger partial charge in [-0.1, -0.05) is 35.0 Å². The Bertz CT molecular complexity index is 463. The van der Waals surface area contributed by atoms with Crippen molar-refractivity contribution >= 4 is 15.9 Å². The molecule has 1 aromatic rings. The largest absolute Gasteiger partial charge is 0.496 e. The summed E-state index contributed by atoms with van der Waals surface area (Å²) in [6, 6.07) is 4.46. The summed E-state index contributed by atoms with van der Waals surface area (Å²) in [5, 5.41) is 0. The smallest absolute Gasteiger partial charge is 0.124 e. The van der Waals surface area contributed by atoms with Gasteiger partial charge >= 0.3 is 0 Å². The molecular weight excluding hydrogens is 316 g/mol. The van der Waals surface area contributed by atoms with Gasteiger partial charge in [-0.3, -0.25) is 0 Å². The highest BCUT2D eigenvalue weighted by molar-refractivity contribution is 9.09. The molecule has 1 fully saturated rings. The highest BCUT2D eigenvalue weighted by Gasteiger charge is 2.41. The molecule has 1 aliphatic heterocycles. The predicted octanol–water partition coefficient (Wildman–Crippen LogP) is 4.81. The van der Waals surface area contributed by atoms with E-state index in [4.69, 9.17) is 9.47 Å². The summed E-state index contributed by atoms with van der Waals surface area (Å²) in [7, 11) is 1.73. The highest BCUT2D eigenvalue weighted by Crippen LogP contribution is 2.45. The van der Waals surface area contributed by atoms with Crippen LogP contribution in [0.2, 0.25) is 0 Å². The van der Waals surface area contributed by atoms with E-state index in [0.29, 0.717) is 22.8 Å². The van der Waals surface area contributed by atoms with Gasteiger partial charge in [-0.05, 0) is 50.3 Å². The lowest BCUT2D eigenvalue weighted by Gasteiger charge is -2.26. The summed E-state index contributed by atoms with van der Waals surface area (Å²) in [5.41, 5.74) is 3.71. The van der Waals surface area contributed by atoms with Gasteiger partial charge in [0.2, 0.25) is 0 Å². The molecule has 1 heterocycles. The van der Waals surface area contributed by atoms with Gasteiger partial charge in [-0.25, -0.2) is 0 Å². The van der Waals surface area contributed by atoms with Crippen LogP contribution >= 0.6 is 15.9 Å². The molecule has 2 rings (SSSR count). The summed E-state index contributed by atoms with van der Waals surface area (Å²) >= 11 is 3.92. The third kappa shape index (κ3) is 2.75. The first-order chi connectivity index (χ1) is 9.36. The Morgan fingerprint density at radius 2 is 1.65 bits per heavy atom. The maximum Gasteiger partial charge on any atom is 0.124 e. The zero-order valence-electron chi connectivity index (χ0n) is 13.2. The lowest BCUT2D eigenvalue weighted by atomic mass is 9.84. The number of halogens is 1. The van der Waals surface area contributed by atoms with Gasteiger partial charge in [0.15, 0.2) is 0 Å². The first-order valence-corrected chi connectivity index (χ1v) is 8.23. The number of hydrogen-bond donors (Lipinski definition) is 0. The highest BCUT2D eigenvalue weighted by atomic mass is 79.9. The molecule has 0 aromatic heterocycles. The van der Waals surface area contributed by atoms with Crippen LogP contribution in [0.5, 0.6) is 5.75 Å². The molecule has 0 amide bonds. The van der Waals surface area contributed by atoms with Crippen LogP contribution in [0, 0.1) is 25.7 Å². The van der Waals surface area contributed by atoms with Crippen LogP contribution in [0.1, 0.15) is 42.3 Å². The number of benzene rings is 1. The standard InChI is InChI=1S/C17H25BrO2/c1-9-7-14(8-10(2)17(9)19-6)16(18)15-11(3)12(4)20-13(15)5/h7-8,11-13,15-16H,1-6H3. The zero-order chi connectivity index (χ0) is 15.0. The van der Waals surface area contributed by atoms with Crippen LogP contribution in [0.3, 0.4) is 0 Å². The van der Waals surface area contributed by atoms with E-state index in [-0.39, 0.29) is 6.10 Å². The minimum absolute atomic E-state index is 0.284. The van der Waals surface area contributed by atoms with Gasteiger partial charge in [0.1, 0.15) is 5.75 Å². The normalized spacial score (nSPS) is 31.4. The number of ether oxygens (including phenoxy) is 2. The van der Waals surface area contributed by atoms with E-state index in [0.717, 1.165) is 5.75 Å². The lowest BCUT2D eigenvalue weighted by molar-refractivity contribution is 0.0511. The molecule has 2 nitrogen and oxygen atoms in total. The Morgan fingerprint density at radius 3 is 2.05 bits per heavy atom. The third-order valence-electron chi connectivity index (χ3n) is 4.66. The molecule has 3 heteroatoms. The van der Waals surface area contributed by atoms with E-state index in [1.807, 2.05) is 0 Å². The van der Waals surface area contributed by atoms with Crippen molar-refractivity contribution in [3.8, 4) is 5.75 Å². The van der Waals surface area contributed by atoms with Gasteiger partial charge in [-0.15, -0.1) is 0 Å². The number of aryl methyl sites for hydroxylation is 2. The molecule has 0 bridgehead atoms. The number of methoxy groups -OCH3 is 1. The average molecular weight is 341 g/mol. The topological polar surface area (TPSA) is 18.5 Å². The van der Waals surface area contributed by atoms with Crippen LogP contribution in [-0.4, -0.2) is 19.3 Å². The quantitative estimate of drug-likeness (QED) is 0.735. The fraction of sp³-hybridized carbons (Fsp3) is 0.647. The Morgan fingerprint density at radius 1 is 1.10 bits per heavy atom. The first kappa shape index (κ1) is 15.8. The van der Waals surface area contributed by atoms with Gasteiger partial charge in [0.25, 0.3) is 0 Å². The van der Waals surface area contributed by atoms with Crippen molar-refractivity contribution in [2.75, 3.05) is 7.11 Å². The molecule has 20 heavy (non-hydrogen) atoms. The zero-order valence-corrected chi connectivity index (χ0v) is 14.8. The molecule has 1 aromatic carbocycles. The average Bonchev–Trinajstić information content (AvgIpc) is 2.62. The minimum Gasteiger partial charge on any atom is -0.496 e. The molecule has 112 valence electrons. The predicted molar refractivity (Wildman–Crippen MR) is 86.8 cm³/mol. The van der Waals surface area contributed by atoms with Gasteiger partial charge < -0.3 is 9.47 Å². The van der Waals surface area contributed by atoms with E-state index in [1.54, 1.807) is 7.11 Å². The Hall–Kier alpha value is -0.540. The molecule has 0 radical (unpaired) electrons. The molecule has 1 saturated heterocycles. The summed E-state index contributed by atoms with van der Waals surface area (Å²) in [4.78, 5) is 0.320. The van der Waals surface area contributed by atoms with Crippen LogP contribution in [0.15, 0.2) is 12.1 Å². The second kappa shape index (κ2) is 6.07. The summed E-state index contributed by atoms with van der Waals surface area (Å²) in [5.74, 6) is 2.04. The van der Waals surface area contributed by atoms with Crippen LogP contribution in [-0.2, 0) is 4.74 Å². The van der Waals surface area contributed by atoms with Gasteiger partial charge in [0, 0.05) is 10.7 Å². The Labute approximate surface area is 131 Å². The lowest BCUT2D eigenvalue weighted by Crippen LogP contribution is -2.22. The minimum atomic E-state index is 0.284. The first-order valence-electron chi connectivity index (χ1n) is 7.31. The fourth-order valence-corrected chi connectivity index (χ4v) is 4.66. The molecular formula is C17H25BrO2. The molecule has 5 unspecified atom stereocenters. The maximum atomic E-state index is 5.98. The molecule has 0 N–H and O–H groups in total. The van der Waals surface area contributed by atoms with Crippen molar-refractivity contribution in [2.45, 2.75) is 51.7 Å². The van der Waals surface area contributed by atoms with E-state index in [9.17, 15) is 0 Å². The molecule has 0 spiro atoms. The second-order valence-electron chi connectivity index (χ2n) is 6.07. The van der Waals surface area contributed by atoms with E-state index < -0.39 is 0 Å². The van der Waals surface area contributed by atoms with Gasteiger partial charge in [0.05, 0.1) is 19.3 Å². The van der Waals surface area contributed by atoms with Crippen LogP contribution in [0.25, 0.3) is 0 Å². The SMILES string of the molecule is COc1c(C)cc(C(Br)C2C(C)OC(C)C2C)cc1C. The van der Waals surface area contributed by atoms with Gasteiger partial charge in [-0.2, -0.15) is 0 Å². The molecule has 0 aliphatic carbocycles. The second-order valence-corrected chi connectivity index (χ2v) is 7.06. The monoisotopic (exact) mass is 340 g/mol. The molecule has 5 atom stereocenters. The summed E-state index contributed by atoms with van der Waals surface area (Å²) < 4.78 is 11.4. The van der Waals surface area contributed by atoms with Crippen molar-refractivity contribution in [1.82, 2.24) is 0 Å². The Balaban J connectivity index is 2.32. The Kier molecular flexibility index (Phi) is 4.80. The molecule has 1 aliphatic rings. The summed E-state index contributed by atoms with van der Waals surface area (Å²) in [6.07, 6.45) is 0.614. The summed E-state index contributed by atoms with van der Waals surface area (Å²) in [6.45, 7) is 10.9. The van der Waals surface area contributed by atoms with Crippen LogP contribution in [0.4, 0.5) is 0 Å². The van der Waals surface area contributed by atoms with Crippen molar-refractivity contribution in [2.24, 2.45) is 11.8 Å². The number of hydrogen-bond acceptors (Lipinski definition) is 2. The number of alkyl halides is 1. The molecule has 0 saturated carbocycles. The number of rotatable bonds is 3. The fourth-order valence-electron chi connectivity index (χ4n) is 3.49. The van der Waals surface area contributed by atoms with E-state index in [2.05, 4.69) is 62.7 Å². The van der Waals surface area contributed by atoms with E-state index >= 15 is 0 Å². The maximum absolute atomic E-state index is 5.98. The van der Waals surface area contributed by atoms with E-state index in [1.165, 1.54) is 16.7 Å². The van der Waals surface area contributed by atoms with Crippen molar-refractivity contribution in [3.63, 3.8) is 0 Å². The van der Waals surface area contributed by atoms with Crippen molar-refractivity contribution < 1.29 is 9.47 Å². The third-order valence-corrected chi connectivity index (χ3v) is 5.80. The van der Waals surface area contributed by atoms with Crippen molar-refractivity contribution in [1.29, 1.82) is 0 Å².